The van der Waals surface area contributed by atoms with Gasteiger partial charge in [0.2, 0.25) is 0 Å². The molecule has 1 aromatic rings. The van der Waals surface area contributed by atoms with Crippen LogP contribution in [-0.4, -0.2) is 17.2 Å². The van der Waals surface area contributed by atoms with Gasteiger partial charge < -0.3 is 10.0 Å². The van der Waals surface area contributed by atoms with E-state index in [0.717, 1.165) is 9.13 Å². The SMILES string of the molecule is Cc1cc(F)c(B(O)O)cc1I. The van der Waals surface area contributed by atoms with Crippen molar-refractivity contribution in [1.82, 2.24) is 0 Å². The van der Waals surface area contributed by atoms with Gasteiger partial charge in [-0.15, -0.1) is 0 Å². The van der Waals surface area contributed by atoms with Gasteiger partial charge in [0.05, 0.1) is 0 Å². The van der Waals surface area contributed by atoms with Crippen molar-refractivity contribution < 1.29 is 14.4 Å². The maximum absolute atomic E-state index is 13.0. The molecule has 2 nitrogen and oxygen atoms in total. The van der Waals surface area contributed by atoms with E-state index in [4.69, 9.17) is 10.0 Å². The molecule has 0 unspecified atom stereocenters. The van der Waals surface area contributed by atoms with Crippen LogP contribution in [0.3, 0.4) is 0 Å². The molecule has 5 heteroatoms. The molecule has 2 N–H and O–H groups in total. The number of hydrogen-bond donors (Lipinski definition) is 2. The summed E-state index contributed by atoms with van der Waals surface area (Å²) >= 11 is 2.01. The number of benzene rings is 1. The van der Waals surface area contributed by atoms with Gasteiger partial charge in [-0.05, 0) is 47.2 Å². The van der Waals surface area contributed by atoms with Gasteiger partial charge in [-0.2, -0.15) is 0 Å². The first kappa shape index (κ1) is 9.95. The summed E-state index contributed by atoms with van der Waals surface area (Å²) in [6.07, 6.45) is 0. The number of halogens is 2. The van der Waals surface area contributed by atoms with Gasteiger partial charge >= 0.3 is 7.12 Å². The molecule has 0 aromatic heterocycles. The number of rotatable bonds is 1. The summed E-state index contributed by atoms with van der Waals surface area (Å²) in [5, 5.41) is 17.5. The van der Waals surface area contributed by atoms with E-state index >= 15 is 0 Å². The molecule has 12 heavy (non-hydrogen) atoms. The van der Waals surface area contributed by atoms with E-state index in [-0.39, 0.29) is 5.46 Å². The molecule has 0 heterocycles. The molecule has 0 aliphatic rings. The lowest BCUT2D eigenvalue weighted by Crippen LogP contribution is -2.33. The van der Waals surface area contributed by atoms with Crippen molar-refractivity contribution >= 4 is 35.2 Å². The lowest BCUT2D eigenvalue weighted by Gasteiger charge is -2.04. The van der Waals surface area contributed by atoms with E-state index in [1.807, 2.05) is 22.6 Å². The topological polar surface area (TPSA) is 40.5 Å². The average molecular weight is 280 g/mol. The average Bonchev–Trinajstić information content (AvgIpc) is 1.96. The van der Waals surface area contributed by atoms with Gasteiger partial charge in [0.15, 0.2) is 0 Å². The second-order valence-electron chi connectivity index (χ2n) is 2.50. The second kappa shape index (κ2) is 3.72. The van der Waals surface area contributed by atoms with Crippen molar-refractivity contribution in [2.75, 3.05) is 0 Å². The Morgan fingerprint density at radius 2 is 2.00 bits per heavy atom. The Morgan fingerprint density at radius 3 is 2.50 bits per heavy atom. The van der Waals surface area contributed by atoms with E-state index in [1.54, 1.807) is 6.92 Å². The molecule has 1 rings (SSSR count). The Balaban J connectivity index is 3.23. The predicted molar refractivity (Wildman–Crippen MR) is 53.7 cm³/mol. The third kappa shape index (κ3) is 1.96. The minimum atomic E-state index is -1.74. The quantitative estimate of drug-likeness (QED) is 0.578. The largest absolute Gasteiger partial charge is 0.491 e. The summed E-state index contributed by atoms with van der Waals surface area (Å²) < 4.78 is 13.8. The van der Waals surface area contributed by atoms with Crippen molar-refractivity contribution in [1.29, 1.82) is 0 Å². The van der Waals surface area contributed by atoms with E-state index in [9.17, 15) is 4.39 Å². The van der Waals surface area contributed by atoms with Crippen LogP contribution in [0, 0.1) is 16.3 Å². The van der Waals surface area contributed by atoms with Crippen molar-refractivity contribution in [3.8, 4) is 0 Å². The van der Waals surface area contributed by atoms with Crippen molar-refractivity contribution in [3.63, 3.8) is 0 Å². The zero-order chi connectivity index (χ0) is 9.30. The Kier molecular flexibility index (Phi) is 3.08. The molecule has 0 fully saturated rings. The third-order valence-electron chi connectivity index (χ3n) is 1.56. The Bertz CT molecular complexity index is 304. The van der Waals surface area contributed by atoms with Crippen LogP contribution in [0.4, 0.5) is 4.39 Å². The first-order valence-electron chi connectivity index (χ1n) is 3.34. The molecule has 0 amide bonds. The first-order valence-corrected chi connectivity index (χ1v) is 4.42. The molecule has 0 aliphatic heterocycles. The number of hydrogen-bond acceptors (Lipinski definition) is 2. The fourth-order valence-corrected chi connectivity index (χ4v) is 1.35. The number of aryl methyl sites for hydroxylation is 1. The maximum Gasteiger partial charge on any atom is 0.491 e. The smallest absolute Gasteiger partial charge is 0.423 e. The lowest BCUT2D eigenvalue weighted by atomic mass is 9.79. The Morgan fingerprint density at radius 1 is 1.42 bits per heavy atom. The van der Waals surface area contributed by atoms with E-state index in [1.165, 1.54) is 12.1 Å². The zero-order valence-corrected chi connectivity index (χ0v) is 8.54. The summed E-state index contributed by atoms with van der Waals surface area (Å²) in [6.45, 7) is 1.76. The molecule has 64 valence electrons. The highest BCUT2D eigenvalue weighted by Gasteiger charge is 2.17. The maximum atomic E-state index is 13.0. The molecule has 0 saturated carbocycles. The fraction of sp³-hybridized carbons (Fsp3) is 0.143. The highest BCUT2D eigenvalue weighted by atomic mass is 127. The van der Waals surface area contributed by atoms with Crippen LogP contribution in [0.25, 0.3) is 0 Å². The zero-order valence-electron chi connectivity index (χ0n) is 6.38. The van der Waals surface area contributed by atoms with Crippen LogP contribution in [0.15, 0.2) is 12.1 Å². The highest BCUT2D eigenvalue weighted by Crippen LogP contribution is 2.10. The highest BCUT2D eigenvalue weighted by molar-refractivity contribution is 14.1. The monoisotopic (exact) mass is 280 g/mol. The summed E-state index contributed by atoms with van der Waals surface area (Å²) in [5.41, 5.74) is 0.711. The second-order valence-corrected chi connectivity index (χ2v) is 3.66. The van der Waals surface area contributed by atoms with Crippen LogP contribution in [-0.2, 0) is 0 Å². The fourth-order valence-electron chi connectivity index (χ4n) is 0.860. The van der Waals surface area contributed by atoms with Crippen LogP contribution >= 0.6 is 22.6 Å². The molecule has 0 spiro atoms. The normalized spacial score (nSPS) is 10.1. The van der Waals surface area contributed by atoms with Gasteiger partial charge in [0.25, 0.3) is 0 Å². The van der Waals surface area contributed by atoms with Crippen LogP contribution in [0.2, 0.25) is 0 Å². The van der Waals surface area contributed by atoms with Crippen LogP contribution in [0.1, 0.15) is 5.56 Å². The van der Waals surface area contributed by atoms with E-state index in [2.05, 4.69) is 0 Å². The van der Waals surface area contributed by atoms with Gasteiger partial charge in [0.1, 0.15) is 5.82 Å². The van der Waals surface area contributed by atoms with Gasteiger partial charge in [-0.1, -0.05) is 0 Å². The standard InChI is InChI=1S/C7H7BFIO2/c1-4-2-6(9)5(8(11)12)3-7(4)10/h2-3,11-12H,1H3. The van der Waals surface area contributed by atoms with E-state index in [0.29, 0.717) is 0 Å². The van der Waals surface area contributed by atoms with Gasteiger partial charge in [-0.3, -0.25) is 0 Å². The van der Waals surface area contributed by atoms with Gasteiger partial charge in [-0.25, -0.2) is 4.39 Å². The molecule has 1 aromatic carbocycles. The molecule has 0 radical (unpaired) electrons. The summed E-state index contributed by atoms with van der Waals surface area (Å²) in [6, 6.07) is 2.71. The Hall–Kier alpha value is -0.135. The molecule has 0 atom stereocenters. The molecular weight excluding hydrogens is 273 g/mol. The van der Waals surface area contributed by atoms with Crippen LogP contribution in [0.5, 0.6) is 0 Å². The molecule has 0 saturated heterocycles. The van der Waals surface area contributed by atoms with E-state index < -0.39 is 12.9 Å². The van der Waals surface area contributed by atoms with Crippen LogP contribution < -0.4 is 5.46 Å². The minimum Gasteiger partial charge on any atom is -0.423 e. The Labute approximate surface area is 83.7 Å². The van der Waals surface area contributed by atoms with Gasteiger partial charge in [0, 0.05) is 9.03 Å². The summed E-state index contributed by atoms with van der Waals surface area (Å²) in [5.74, 6) is -0.581. The minimum absolute atomic E-state index is 0.0787. The summed E-state index contributed by atoms with van der Waals surface area (Å²) in [7, 11) is -1.74. The molecule has 0 bridgehead atoms. The predicted octanol–water partition coefficient (Wildman–Crippen LogP) is 0.419. The van der Waals surface area contributed by atoms with Crippen molar-refractivity contribution in [2.24, 2.45) is 0 Å². The molecular formula is C7H7BFIO2. The molecule has 0 aliphatic carbocycles. The van der Waals surface area contributed by atoms with Crippen molar-refractivity contribution in [2.45, 2.75) is 6.92 Å². The first-order chi connectivity index (χ1) is 5.52. The lowest BCUT2D eigenvalue weighted by molar-refractivity contribution is 0.423. The third-order valence-corrected chi connectivity index (χ3v) is 2.72. The summed E-state index contributed by atoms with van der Waals surface area (Å²) in [4.78, 5) is 0. The van der Waals surface area contributed by atoms with Crippen molar-refractivity contribution in [3.05, 3.63) is 27.1 Å².